The molecule has 2 rings (SSSR count). The van der Waals surface area contributed by atoms with Crippen molar-refractivity contribution >= 4 is 11.9 Å². The topological polar surface area (TPSA) is 66.9 Å². The van der Waals surface area contributed by atoms with Crippen molar-refractivity contribution in [1.29, 1.82) is 0 Å². The molecule has 1 atom stereocenters. The number of halogens is 2. The Morgan fingerprint density at radius 1 is 1.19 bits per heavy atom. The summed E-state index contributed by atoms with van der Waals surface area (Å²) in [4.78, 5) is 19.0. The summed E-state index contributed by atoms with van der Waals surface area (Å²) in [5, 5.41) is 5.29. The highest BCUT2D eigenvalue weighted by Crippen LogP contribution is 2.07. The average molecular weight is 358 g/mol. The molecule has 2 aromatic rings. The first-order chi connectivity index (χ1) is 12.4. The molecule has 5 nitrogen and oxygen atoms in total. The molecule has 7 heteroatoms. The van der Waals surface area contributed by atoms with E-state index in [9.17, 15) is 13.6 Å². The van der Waals surface area contributed by atoms with Crippen LogP contribution in [0, 0.1) is 11.8 Å². The van der Waals surface area contributed by atoms with Gasteiger partial charge in [-0.3, -0.25) is 4.79 Å². The van der Waals surface area contributed by atoms with Gasteiger partial charge in [-0.05, 0) is 43.0 Å². The third kappa shape index (κ3) is 6.85. The molecule has 26 heavy (non-hydrogen) atoms. The van der Waals surface area contributed by atoms with Crippen LogP contribution in [0.5, 0.6) is 0 Å². The van der Waals surface area contributed by atoms with Crippen molar-refractivity contribution in [2.75, 3.05) is 11.9 Å². The number of rotatable bonds is 6. The van der Waals surface area contributed by atoms with Gasteiger partial charge in [0, 0.05) is 24.7 Å². The fraction of sp³-hybridized carbons (Fsp3) is 0.316. The van der Waals surface area contributed by atoms with Crippen molar-refractivity contribution in [2.24, 2.45) is 0 Å². The summed E-state index contributed by atoms with van der Waals surface area (Å²) < 4.78 is 24.4. The fourth-order valence-electron chi connectivity index (χ4n) is 2.29. The van der Waals surface area contributed by atoms with Gasteiger partial charge in [0.25, 0.3) is 6.43 Å². The summed E-state index contributed by atoms with van der Waals surface area (Å²) in [5.74, 6) is 5.95. The molecule has 136 valence electrons. The molecule has 1 aromatic heterocycles. The maximum Gasteiger partial charge on any atom is 0.255 e. The third-order valence-electron chi connectivity index (χ3n) is 3.35. The van der Waals surface area contributed by atoms with Crippen molar-refractivity contribution in [1.82, 2.24) is 15.3 Å². The minimum absolute atomic E-state index is 0.0488. The van der Waals surface area contributed by atoms with E-state index in [0.29, 0.717) is 5.69 Å². The molecule has 0 aliphatic carbocycles. The zero-order valence-electron chi connectivity index (χ0n) is 14.6. The summed E-state index contributed by atoms with van der Waals surface area (Å²) in [6, 6.07) is 9.37. The molecule has 0 fully saturated rings. The SMILES string of the molecule is CC(=O)NC(C)Cc1ccc(C#Cc2ccnc(NCC(F)F)n2)cc1. The molecule has 1 aromatic carbocycles. The van der Waals surface area contributed by atoms with E-state index in [-0.39, 0.29) is 17.9 Å². The molecule has 1 amide bonds. The van der Waals surface area contributed by atoms with Crippen molar-refractivity contribution in [3.63, 3.8) is 0 Å². The maximum atomic E-state index is 12.2. The van der Waals surface area contributed by atoms with Gasteiger partial charge in [-0.25, -0.2) is 18.7 Å². The van der Waals surface area contributed by atoms with Gasteiger partial charge in [-0.2, -0.15) is 0 Å². The van der Waals surface area contributed by atoms with Gasteiger partial charge >= 0.3 is 0 Å². The standard InChI is InChI=1S/C19H20F2N4O/c1-13(24-14(2)26)11-16-5-3-15(4-6-16)7-8-17-9-10-22-19(25-17)23-12-18(20)21/h3-6,9-10,13,18H,11-12H2,1-2H3,(H,24,26)(H,22,23,25). The second-order valence-corrected chi connectivity index (χ2v) is 5.79. The molecule has 0 aliphatic heterocycles. The lowest BCUT2D eigenvalue weighted by molar-refractivity contribution is -0.119. The largest absolute Gasteiger partial charge is 0.354 e. The van der Waals surface area contributed by atoms with Crippen LogP contribution in [0.1, 0.15) is 30.7 Å². The van der Waals surface area contributed by atoms with Crippen LogP contribution in [0.15, 0.2) is 36.5 Å². The minimum Gasteiger partial charge on any atom is -0.354 e. The quantitative estimate of drug-likeness (QED) is 0.779. The van der Waals surface area contributed by atoms with Crippen molar-refractivity contribution in [3.05, 3.63) is 53.3 Å². The van der Waals surface area contributed by atoms with Crippen LogP contribution in [0.3, 0.4) is 0 Å². The van der Waals surface area contributed by atoms with Gasteiger partial charge in [-0.15, -0.1) is 0 Å². The number of hydrogen-bond donors (Lipinski definition) is 2. The zero-order valence-corrected chi connectivity index (χ0v) is 14.6. The van der Waals surface area contributed by atoms with E-state index in [1.807, 2.05) is 31.2 Å². The fourth-order valence-corrected chi connectivity index (χ4v) is 2.29. The van der Waals surface area contributed by atoms with Gasteiger partial charge in [0.2, 0.25) is 11.9 Å². The average Bonchev–Trinajstić information content (AvgIpc) is 2.59. The van der Waals surface area contributed by atoms with E-state index >= 15 is 0 Å². The molecule has 0 bridgehead atoms. The van der Waals surface area contributed by atoms with Crippen LogP contribution in [0.25, 0.3) is 0 Å². The zero-order chi connectivity index (χ0) is 18.9. The second-order valence-electron chi connectivity index (χ2n) is 5.79. The third-order valence-corrected chi connectivity index (χ3v) is 3.35. The number of carbonyl (C=O) groups excluding carboxylic acids is 1. The Bertz CT molecular complexity index is 797. The highest BCUT2D eigenvalue weighted by Gasteiger charge is 2.05. The first kappa shape index (κ1) is 19.3. The Morgan fingerprint density at radius 2 is 1.92 bits per heavy atom. The van der Waals surface area contributed by atoms with E-state index in [1.165, 1.54) is 13.1 Å². The van der Waals surface area contributed by atoms with Crippen molar-refractivity contribution in [2.45, 2.75) is 32.7 Å². The lowest BCUT2D eigenvalue weighted by atomic mass is 10.1. The Morgan fingerprint density at radius 3 is 2.58 bits per heavy atom. The summed E-state index contributed by atoms with van der Waals surface area (Å²) in [7, 11) is 0. The molecular weight excluding hydrogens is 338 g/mol. The first-order valence-corrected chi connectivity index (χ1v) is 8.15. The Balaban J connectivity index is 1.99. The molecule has 1 unspecified atom stereocenters. The Hall–Kier alpha value is -3.01. The molecule has 0 spiro atoms. The van der Waals surface area contributed by atoms with Crippen LogP contribution >= 0.6 is 0 Å². The summed E-state index contributed by atoms with van der Waals surface area (Å²) in [5.41, 5.74) is 2.35. The monoisotopic (exact) mass is 358 g/mol. The summed E-state index contributed by atoms with van der Waals surface area (Å²) in [6.45, 7) is 2.94. The molecule has 1 heterocycles. The van der Waals surface area contributed by atoms with Crippen LogP contribution in [-0.4, -0.2) is 34.9 Å². The van der Waals surface area contributed by atoms with Crippen LogP contribution < -0.4 is 10.6 Å². The van der Waals surface area contributed by atoms with Crippen LogP contribution in [-0.2, 0) is 11.2 Å². The van der Waals surface area contributed by atoms with Crippen LogP contribution in [0.2, 0.25) is 0 Å². The normalized spacial score (nSPS) is 11.4. The maximum absolute atomic E-state index is 12.2. The Kier molecular flexibility index (Phi) is 7.03. The lowest BCUT2D eigenvalue weighted by Crippen LogP contribution is -2.31. The number of alkyl halides is 2. The van der Waals surface area contributed by atoms with Gasteiger partial charge in [-0.1, -0.05) is 18.1 Å². The van der Waals surface area contributed by atoms with Gasteiger partial charge in [0.1, 0.15) is 5.69 Å². The number of nitrogens with zero attached hydrogens (tertiary/aromatic N) is 2. The second kappa shape index (κ2) is 9.47. The number of hydrogen-bond acceptors (Lipinski definition) is 4. The molecule has 2 N–H and O–H groups in total. The first-order valence-electron chi connectivity index (χ1n) is 8.15. The highest BCUT2D eigenvalue weighted by molar-refractivity contribution is 5.73. The highest BCUT2D eigenvalue weighted by atomic mass is 19.3. The number of nitrogens with one attached hydrogen (secondary N) is 2. The Labute approximate surface area is 151 Å². The number of anilines is 1. The van der Waals surface area contributed by atoms with E-state index in [1.54, 1.807) is 6.07 Å². The van der Waals surface area contributed by atoms with E-state index in [4.69, 9.17) is 0 Å². The van der Waals surface area contributed by atoms with Crippen molar-refractivity contribution < 1.29 is 13.6 Å². The van der Waals surface area contributed by atoms with Gasteiger partial charge < -0.3 is 10.6 Å². The van der Waals surface area contributed by atoms with E-state index in [2.05, 4.69) is 32.4 Å². The number of carbonyl (C=O) groups is 1. The number of amides is 1. The lowest BCUT2D eigenvalue weighted by Gasteiger charge is -2.12. The predicted octanol–water partition coefficient (Wildman–Crippen LogP) is 2.62. The number of aromatic nitrogens is 2. The van der Waals surface area contributed by atoms with E-state index in [0.717, 1.165) is 17.5 Å². The minimum atomic E-state index is -2.47. The molecule has 0 aliphatic rings. The van der Waals surface area contributed by atoms with Crippen molar-refractivity contribution in [3.8, 4) is 11.8 Å². The molecular formula is C19H20F2N4O. The smallest absolute Gasteiger partial charge is 0.255 e. The van der Waals surface area contributed by atoms with Crippen LogP contribution in [0.4, 0.5) is 14.7 Å². The van der Waals surface area contributed by atoms with Gasteiger partial charge in [0.15, 0.2) is 0 Å². The number of benzene rings is 1. The molecule has 0 saturated carbocycles. The molecule has 0 radical (unpaired) electrons. The summed E-state index contributed by atoms with van der Waals surface area (Å²) >= 11 is 0. The van der Waals surface area contributed by atoms with Gasteiger partial charge in [0.05, 0.1) is 6.54 Å². The summed E-state index contributed by atoms with van der Waals surface area (Å²) in [6.07, 6.45) is -0.268. The molecule has 0 saturated heterocycles. The predicted molar refractivity (Wildman–Crippen MR) is 95.9 cm³/mol. The van der Waals surface area contributed by atoms with E-state index < -0.39 is 13.0 Å².